The molecule has 0 atom stereocenters. The fourth-order valence-corrected chi connectivity index (χ4v) is 3.61. The maximum atomic E-state index is 4.39. The van der Waals surface area contributed by atoms with Crippen molar-refractivity contribution in [2.75, 3.05) is 0 Å². The van der Waals surface area contributed by atoms with Crippen LogP contribution in [0, 0.1) is 20.8 Å². The van der Waals surface area contributed by atoms with Gasteiger partial charge in [-0.2, -0.15) is 5.10 Å². The molecule has 2 nitrogen and oxygen atoms in total. The Kier molecular flexibility index (Phi) is 4.18. The molecular weight excluding hydrogens is 316 g/mol. The molecule has 4 rings (SSSR count). The quantitative estimate of drug-likeness (QED) is 0.439. The summed E-state index contributed by atoms with van der Waals surface area (Å²) in [6, 6.07) is 23.6. The second-order valence-electron chi connectivity index (χ2n) is 6.73. The van der Waals surface area contributed by atoms with Crippen LogP contribution in [0.5, 0.6) is 0 Å². The predicted octanol–water partition coefficient (Wildman–Crippen LogP) is 6.13. The first kappa shape index (κ1) is 16.3. The lowest BCUT2D eigenvalue weighted by atomic mass is 9.90. The van der Waals surface area contributed by atoms with E-state index in [4.69, 9.17) is 0 Å². The summed E-state index contributed by atoms with van der Waals surface area (Å²) in [6.07, 6.45) is 3.82. The van der Waals surface area contributed by atoms with Gasteiger partial charge in [0.2, 0.25) is 0 Å². The Morgan fingerprint density at radius 1 is 0.692 bits per heavy atom. The third-order valence-electron chi connectivity index (χ3n) is 5.10. The van der Waals surface area contributed by atoms with Crippen LogP contribution in [0.4, 0.5) is 0 Å². The maximum Gasteiger partial charge on any atom is 0.0680 e. The topological polar surface area (TPSA) is 17.8 Å². The molecule has 0 amide bonds. The normalized spacial score (nSPS) is 10.9. The molecule has 0 spiro atoms. The van der Waals surface area contributed by atoms with E-state index in [2.05, 4.69) is 86.5 Å². The Morgan fingerprint density at radius 2 is 1.35 bits per heavy atom. The lowest BCUT2D eigenvalue weighted by Crippen LogP contribution is -2.02. The smallest absolute Gasteiger partial charge is 0.0680 e. The largest absolute Gasteiger partial charge is 0.241 e. The number of rotatable bonds is 3. The fraction of sp³-hybridized carbons (Fsp3) is 0.125. The lowest BCUT2D eigenvalue weighted by Gasteiger charge is -2.17. The predicted molar refractivity (Wildman–Crippen MR) is 109 cm³/mol. The molecule has 0 saturated heterocycles. The van der Waals surface area contributed by atoms with Crippen LogP contribution in [0.15, 0.2) is 79.1 Å². The zero-order chi connectivity index (χ0) is 18.1. The van der Waals surface area contributed by atoms with Crippen molar-refractivity contribution in [3.63, 3.8) is 0 Å². The monoisotopic (exact) mass is 338 g/mol. The highest BCUT2D eigenvalue weighted by Gasteiger charge is 2.13. The number of hydrogen-bond acceptors (Lipinski definition) is 1. The van der Waals surface area contributed by atoms with Gasteiger partial charge in [0.25, 0.3) is 0 Å². The highest BCUT2D eigenvalue weighted by Crippen LogP contribution is 2.33. The lowest BCUT2D eigenvalue weighted by molar-refractivity contribution is 0.869. The second-order valence-corrected chi connectivity index (χ2v) is 6.73. The van der Waals surface area contributed by atoms with E-state index in [1.165, 1.54) is 38.9 Å². The SMILES string of the molecule is Cc1cc(-n2cccn2)c(C)c(C)c1-c1ccc(-c2ccccc2)cc1. The average molecular weight is 338 g/mol. The average Bonchev–Trinajstić information content (AvgIpc) is 3.20. The van der Waals surface area contributed by atoms with Crippen LogP contribution < -0.4 is 0 Å². The molecule has 26 heavy (non-hydrogen) atoms. The zero-order valence-corrected chi connectivity index (χ0v) is 15.4. The molecule has 0 aliphatic carbocycles. The van der Waals surface area contributed by atoms with Crippen LogP contribution in [-0.2, 0) is 0 Å². The number of benzene rings is 3. The molecule has 2 heteroatoms. The van der Waals surface area contributed by atoms with Crippen LogP contribution in [-0.4, -0.2) is 9.78 Å². The van der Waals surface area contributed by atoms with E-state index in [1.54, 1.807) is 0 Å². The summed E-state index contributed by atoms with van der Waals surface area (Å²) in [5, 5.41) is 4.39. The van der Waals surface area contributed by atoms with Crippen LogP contribution in [0.1, 0.15) is 16.7 Å². The summed E-state index contributed by atoms with van der Waals surface area (Å²) in [4.78, 5) is 0. The molecule has 0 bridgehead atoms. The summed E-state index contributed by atoms with van der Waals surface area (Å²) in [7, 11) is 0. The van der Waals surface area contributed by atoms with Crippen molar-refractivity contribution in [2.24, 2.45) is 0 Å². The van der Waals surface area contributed by atoms with Gasteiger partial charge < -0.3 is 0 Å². The third-order valence-corrected chi connectivity index (χ3v) is 5.10. The molecule has 128 valence electrons. The maximum absolute atomic E-state index is 4.39. The van der Waals surface area contributed by atoms with Crippen molar-refractivity contribution in [1.82, 2.24) is 9.78 Å². The number of hydrogen-bond donors (Lipinski definition) is 0. The van der Waals surface area contributed by atoms with Gasteiger partial charge in [-0.15, -0.1) is 0 Å². The van der Waals surface area contributed by atoms with E-state index >= 15 is 0 Å². The fourth-order valence-electron chi connectivity index (χ4n) is 3.61. The molecular formula is C24H22N2. The van der Waals surface area contributed by atoms with Gasteiger partial charge in [0.1, 0.15) is 0 Å². The Balaban J connectivity index is 1.78. The number of nitrogens with zero attached hydrogens (tertiary/aromatic N) is 2. The minimum Gasteiger partial charge on any atom is -0.241 e. The molecule has 1 heterocycles. The molecule has 0 aliphatic heterocycles. The van der Waals surface area contributed by atoms with Crippen molar-refractivity contribution in [1.29, 1.82) is 0 Å². The molecule has 0 saturated carbocycles. The molecule has 4 aromatic rings. The van der Waals surface area contributed by atoms with Gasteiger partial charge in [-0.25, -0.2) is 4.68 Å². The zero-order valence-electron chi connectivity index (χ0n) is 15.4. The summed E-state index contributed by atoms with van der Waals surface area (Å²) in [6.45, 7) is 6.56. The molecule has 0 N–H and O–H groups in total. The van der Waals surface area contributed by atoms with E-state index < -0.39 is 0 Å². The van der Waals surface area contributed by atoms with Crippen LogP contribution in [0.25, 0.3) is 27.9 Å². The molecule has 0 radical (unpaired) electrons. The number of aryl methyl sites for hydroxylation is 1. The van der Waals surface area contributed by atoms with E-state index in [-0.39, 0.29) is 0 Å². The summed E-state index contributed by atoms with van der Waals surface area (Å²) >= 11 is 0. The van der Waals surface area contributed by atoms with Gasteiger partial charge in [0.15, 0.2) is 0 Å². The summed E-state index contributed by atoms with van der Waals surface area (Å²) < 4.78 is 1.94. The number of aromatic nitrogens is 2. The van der Waals surface area contributed by atoms with Crippen LogP contribution in [0.3, 0.4) is 0 Å². The highest BCUT2D eigenvalue weighted by atomic mass is 15.3. The highest BCUT2D eigenvalue weighted by molar-refractivity contribution is 5.77. The van der Waals surface area contributed by atoms with E-state index in [0.29, 0.717) is 0 Å². The van der Waals surface area contributed by atoms with Crippen molar-refractivity contribution in [3.05, 3.63) is 95.8 Å². The van der Waals surface area contributed by atoms with Crippen LogP contribution >= 0.6 is 0 Å². The molecule has 0 unspecified atom stereocenters. The van der Waals surface area contributed by atoms with Crippen molar-refractivity contribution >= 4 is 0 Å². The minimum absolute atomic E-state index is 1.15. The second kappa shape index (κ2) is 6.64. The van der Waals surface area contributed by atoms with Gasteiger partial charge in [-0.05, 0) is 71.8 Å². The third kappa shape index (κ3) is 2.84. The standard InChI is InChI=1S/C24H22N2/c1-17-16-23(26-15-7-14-25-26)18(2)19(3)24(17)22-12-10-21(11-13-22)20-8-5-4-6-9-20/h4-16H,1-3H3. The van der Waals surface area contributed by atoms with Crippen molar-refractivity contribution in [2.45, 2.75) is 20.8 Å². The first-order valence-electron chi connectivity index (χ1n) is 8.92. The van der Waals surface area contributed by atoms with Crippen molar-refractivity contribution < 1.29 is 0 Å². The van der Waals surface area contributed by atoms with Crippen LogP contribution in [0.2, 0.25) is 0 Å². The van der Waals surface area contributed by atoms with E-state index in [9.17, 15) is 0 Å². The Morgan fingerprint density at radius 3 is 2.00 bits per heavy atom. The van der Waals surface area contributed by atoms with Gasteiger partial charge in [0.05, 0.1) is 5.69 Å². The van der Waals surface area contributed by atoms with E-state index in [1.807, 2.05) is 23.1 Å². The summed E-state index contributed by atoms with van der Waals surface area (Å²) in [5.74, 6) is 0. The molecule has 1 aromatic heterocycles. The van der Waals surface area contributed by atoms with Crippen molar-refractivity contribution in [3.8, 4) is 27.9 Å². The van der Waals surface area contributed by atoms with E-state index in [0.717, 1.165) is 5.69 Å². The van der Waals surface area contributed by atoms with Gasteiger partial charge >= 0.3 is 0 Å². The van der Waals surface area contributed by atoms with Gasteiger partial charge in [0, 0.05) is 12.4 Å². The Labute approximate surface area is 154 Å². The molecule has 3 aromatic carbocycles. The molecule has 0 aliphatic rings. The minimum atomic E-state index is 1.15. The summed E-state index contributed by atoms with van der Waals surface area (Å²) in [5.41, 5.74) is 10.1. The van der Waals surface area contributed by atoms with Gasteiger partial charge in [-0.3, -0.25) is 0 Å². The first-order valence-corrected chi connectivity index (χ1v) is 8.92. The molecule has 0 fully saturated rings. The Bertz CT molecular complexity index is 1030. The van der Waals surface area contributed by atoms with Gasteiger partial charge in [-0.1, -0.05) is 54.6 Å². The first-order chi connectivity index (χ1) is 12.6. The Hall–Kier alpha value is -3.13.